The average Bonchev–Trinajstić information content (AvgIpc) is 3.22. The van der Waals surface area contributed by atoms with Crippen molar-refractivity contribution in [1.82, 2.24) is 15.0 Å². The van der Waals surface area contributed by atoms with Gasteiger partial charge in [0.05, 0.1) is 23.0 Å². The number of piperidine rings is 1. The van der Waals surface area contributed by atoms with Crippen molar-refractivity contribution >= 4 is 39.3 Å². The van der Waals surface area contributed by atoms with Crippen molar-refractivity contribution in [1.29, 1.82) is 0 Å². The van der Waals surface area contributed by atoms with Crippen LogP contribution in [-0.2, 0) is 9.53 Å². The minimum absolute atomic E-state index is 0.127. The van der Waals surface area contributed by atoms with E-state index in [1.807, 2.05) is 30.3 Å². The second-order valence-corrected chi connectivity index (χ2v) is 8.10. The van der Waals surface area contributed by atoms with E-state index in [4.69, 9.17) is 9.47 Å². The van der Waals surface area contributed by atoms with Gasteiger partial charge in [0.25, 0.3) is 0 Å². The first-order valence-electron chi connectivity index (χ1n) is 11.1. The number of H-pyrrole nitrogens is 1. The number of hydrogen-bond donors (Lipinski definition) is 1. The van der Waals surface area contributed by atoms with Gasteiger partial charge in [-0.15, -0.1) is 0 Å². The number of ether oxygens (including phenoxy) is 2. The van der Waals surface area contributed by atoms with Crippen molar-refractivity contribution in [3.63, 3.8) is 0 Å². The molecule has 0 amide bonds. The van der Waals surface area contributed by atoms with Gasteiger partial charge in [-0.3, -0.25) is 14.9 Å². The van der Waals surface area contributed by atoms with Crippen LogP contribution in [0.25, 0.3) is 21.8 Å². The Hall–Kier alpha value is -4.21. The van der Waals surface area contributed by atoms with E-state index >= 15 is 0 Å². The molecule has 2 aromatic heterocycles. The largest absolute Gasteiger partial charge is 0.466 e. The number of nitrogens with zero attached hydrogens (tertiary/aromatic N) is 4. The molecule has 0 spiro atoms. The monoisotopic (exact) mass is 461 g/mol. The third-order valence-corrected chi connectivity index (χ3v) is 6.06. The maximum Gasteiger partial charge on any atom is 0.373 e. The van der Waals surface area contributed by atoms with Gasteiger partial charge in [0.1, 0.15) is 12.1 Å². The summed E-state index contributed by atoms with van der Waals surface area (Å²) in [5.41, 5.74) is 1.56. The highest BCUT2D eigenvalue weighted by molar-refractivity contribution is 6.07. The fourth-order valence-electron chi connectivity index (χ4n) is 4.42. The van der Waals surface area contributed by atoms with Gasteiger partial charge >= 0.3 is 17.5 Å². The summed E-state index contributed by atoms with van der Waals surface area (Å²) in [6.07, 6.45) is 2.33. The smallest absolute Gasteiger partial charge is 0.373 e. The lowest BCUT2D eigenvalue weighted by Crippen LogP contribution is -2.37. The number of carbonyl (C=O) groups is 1. The number of carbonyl (C=O) groups excluding carboxylic acids is 1. The zero-order valence-electron chi connectivity index (χ0n) is 18.6. The molecular formula is C24H23N5O5. The Kier molecular flexibility index (Phi) is 5.70. The van der Waals surface area contributed by atoms with E-state index in [9.17, 15) is 14.9 Å². The Morgan fingerprint density at radius 3 is 2.68 bits per heavy atom. The van der Waals surface area contributed by atoms with Gasteiger partial charge in [-0.1, -0.05) is 18.2 Å². The van der Waals surface area contributed by atoms with E-state index in [-0.39, 0.29) is 29.3 Å². The topological polar surface area (TPSA) is 123 Å². The molecule has 0 unspecified atom stereocenters. The Labute approximate surface area is 194 Å². The molecule has 2 aromatic carbocycles. The molecule has 0 saturated carbocycles. The number of aromatic amines is 1. The van der Waals surface area contributed by atoms with E-state index in [1.54, 1.807) is 24.0 Å². The van der Waals surface area contributed by atoms with Gasteiger partial charge in [-0.25, -0.2) is 4.98 Å². The Morgan fingerprint density at radius 2 is 1.91 bits per heavy atom. The van der Waals surface area contributed by atoms with E-state index in [0.29, 0.717) is 38.3 Å². The molecule has 1 N–H and O–H groups in total. The fourth-order valence-corrected chi connectivity index (χ4v) is 4.42. The molecule has 3 heterocycles. The summed E-state index contributed by atoms with van der Waals surface area (Å²) in [7, 11) is 0. The van der Waals surface area contributed by atoms with Crippen LogP contribution in [0.15, 0.2) is 48.8 Å². The van der Waals surface area contributed by atoms with Gasteiger partial charge in [-0.2, -0.15) is 4.98 Å². The maximum atomic E-state index is 12.0. The lowest BCUT2D eigenvalue weighted by atomic mass is 9.97. The number of nitrogens with one attached hydrogen (secondary N) is 1. The number of esters is 1. The summed E-state index contributed by atoms with van der Waals surface area (Å²) in [6.45, 7) is 3.00. The molecule has 174 valence electrons. The van der Waals surface area contributed by atoms with Gasteiger partial charge in [0, 0.05) is 35.4 Å². The van der Waals surface area contributed by atoms with E-state index in [1.165, 1.54) is 6.33 Å². The summed E-state index contributed by atoms with van der Waals surface area (Å²) in [5.74, 6) is 0.0429. The molecule has 0 bridgehead atoms. The number of nitro groups is 1. The van der Waals surface area contributed by atoms with Crippen LogP contribution in [0.4, 0.5) is 11.5 Å². The Morgan fingerprint density at radius 1 is 1.15 bits per heavy atom. The van der Waals surface area contributed by atoms with Crippen LogP contribution in [0, 0.1) is 16.0 Å². The molecule has 34 heavy (non-hydrogen) atoms. The SMILES string of the molecule is CCOC(=O)C1CCN(c2ncnc(Oc3ccc4c(c3)[nH]c3ccccc34)c2[N+](=O)[O-])CC1. The third-order valence-electron chi connectivity index (χ3n) is 6.06. The number of anilines is 1. The van der Waals surface area contributed by atoms with Crippen LogP contribution in [0.1, 0.15) is 19.8 Å². The first kappa shape index (κ1) is 21.6. The van der Waals surface area contributed by atoms with Gasteiger partial charge in [-0.05, 0) is 38.0 Å². The molecule has 0 aliphatic carbocycles. The van der Waals surface area contributed by atoms with Crippen molar-refractivity contribution in [2.24, 2.45) is 5.92 Å². The van der Waals surface area contributed by atoms with Crippen molar-refractivity contribution in [2.75, 3.05) is 24.6 Å². The molecule has 0 radical (unpaired) electrons. The lowest BCUT2D eigenvalue weighted by Gasteiger charge is -2.31. The van der Waals surface area contributed by atoms with E-state index in [2.05, 4.69) is 15.0 Å². The molecule has 10 heteroatoms. The second kappa shape index (κ2) is 8.97. The fraction of sp³-hybridized carbons (Fsp3) is 0.292. The summed E-state index contributed by atoms with van der Waals surface area (Å²) >= 11 is 0. The van der Waals surface area contributed by atoms with Crippen LogP contribution >= 0.6 is 0 Å². The lowest BCUT2D eigenvalue weighted by molar-refractivity contribution is -0.385. The standard InChI is InChI=1S/C24H23N5O5/c1-2-33-24(30)15-9-11-28(12-10-15)22-21(29(31)32)23(26-14-25-22)34-16-7-8-18-17-5-3-4-6-19(17)27-20(18)13-16/h3-8,13-15,27H,2,9-12H2,1H3. The van der Waals surface area contributed by atoms with Crippen LogP contribution in [-0.4, -0.2) is 45.5 Å². The quantitative estimate of drug-likeness (QED) is 0.251. The first-order chi connectivity index (χ1) is 16.5. The van der Waals surface area contributed by atoms with E-state index in [0.717, 1.165) is 21.8 Å². The number of aromatic nitrogens is 3. The average molecular weight is 461 g/mol. The number of rotatable bonds is 6. The van der Waals surface area contributed by atoms with Gasteiger partial charge in [0.2, 0.25) is 5.82 Å². The third kappa shape index (κ3) is 3.98. The van der Waals surface area contributed by atoms with Crippen molar-refractivity contribution in [3.8, 4) is 11.6 Å². The highest BCUT2D eigenvalue weighted by atomic mass is 16.6. The normalized spacial score (nSPS) is 14.4. The molecule has 0 atom stereocenters. The van der Waals surface area contributed by atoms with Crippen molar-refractivity contribution < 1.29 is 19.2 Å². The summed E-state index contributed by atoms with van der Waals surface area (Å²) in [6, 6.07) is 13.4. The second-order valence-electron chi connectivity index (χ2n) is 8.10. The Balaban J connectivity index is 1.42. The minimum atomic E-state index is -0.524. The number of benzene rings is 2. The minimum Gasteiger partial charge on any atom is -0.466 e. The molecule has 4 aromatic rings. The number of fused-ring (bicyclic) bond motifs is 3. The summed E-state index contributed by atoms with van der Waals surface area (Å²) < 4.78 is 11.0. The first-order valence-corrected chi connectivity index (χ1v) is 11.1. The van der Waals surface area contributed by atoms with Crippen LogP contribution in [0.2, 0.25) is 0 Å². The van der Waals surface area contributed by atoms with Crippen LogP contribution in [0.3, 0.4) is 0 Å². The molecular weight excluding hydrogens is 438 g/mol. The molecule has 10 nitrogen and oxygen atoms in total. The molecule has 1 aliphatic heterocycles. The van der Waals surface area contributed by atoms with Crippen LogP contribution < -0.4 is 9.64 Å². The maximum absolute atomic E-state index is 12.0. The number of para-hydroxylation sites is 1. The van der Waals surface area contributed by atoms with Crippen LogP contribution in [0.5, 0.6) is 11.6 Å². The highest BCUT2D eigenvalue weighted by Crippen LogP contribution is 2.38. The molecule has 5 rings (SSSR count). The molecule has 1 saturated heterocycles. The zero-order valence-corrected chi connectivity index (χ0v) is 18.6. The molecule has 1 fully saturated rings. The van der Waals surface area contributed by atoms with Gasteiger partial charge < -0.3 is 19.4 Å². The summed E-state index contributed by atoms with van der Waals surface area (Å²) in [5, 5.41) is 14.1. The highest BCUT2D eigenvalue weighted by Gasteiger charge is 2.33. The van der Waals surface area contributed by atoms with Crippen molar-refractivity contribution in [2.45, 2.75) is 19.8 Å². The molecule has 1 aliphatic rings. The predicted molar refractivity (Wildman–Crippen MR) is 126 cm³/mol. The van der Waals surface area contributed by atoms with E-state index < -0.39 is 4.92 Å². The number of hydrogen-bond acceptors (Lipinski definition) is 8. The predicted octanol–water partition coefficient (Wildman–Crippen LogP) is 4.59. The Bertz CT molecular complexity index is 1380. The zero-order chi connectivity index (χ0) is 23.7. The van der Waals surface area contributed by atoms with Crippen molar-refractivity contribution in [3.05, 3.63) is 58.9 Å². The van der Waals surface area contributed by atoms with Gasteiger partial charge in [0.15, 0.2) is 0 Å². The summed E-state index contributed by atoms with van der Waals surface area (Å²) in [4.78, 5) is 36.9.